The molecule has 0 N–H and O–H groups in total. The molecule has 0 aromatic heterocycles. The lowest BCUT2D eigenvalue weighted by Crippen LogP contribution is -2.55. The number of esters is 2. The maximum atomic E-state index is 12.7. The third-order valence-electron chi connectivity index (χ3n) is 9.77. The molecule has 0 aromatic rings. The summed E-state index contributed by atoms with van der Waals surface area (Å²) in [6.45, 7) is 4.46. The van der Waals surface area contributed by atoms with E-state index < -0.39 is 18.1 Å². The van der Waals surface area contributed by atoms with Crippen molar-refractivity contribution in [3.05, 3.63) is 85.1 Å². The van der Waals surface area contributed by atoms with Crippen LogP contribution in [0.3, 0.4) is 0 Å². The van der Waals surface area contributed by atoms with Crippen LogP contribution in [-0.4, -0.2) is 75.5 Å². The van der Waals surface area contributed by atoms with Crippen molar-refractivity contribution in [2.75, 3.05) is 41.0 Å². The van der Waals surface area contributed by atoms with Crippen molar-refractivity contribution in [2.24, 2.45) is 0 Å². The van der Waals surface area contributed by atoms with Crippen LogP contribution in [0, 0.1) is 0 Å². The van der Waals surface area contributed by atoms with Gasteiger partial charge in [-0.15, -0.1) is 0 Å². The molecule has 0 bridgehead atoms. The van der Waals surface area contributed by atoms with Gasteiger partial charge in [-0.2, -0.15) is 0 Å². The molecular weight excluding hydrogens is 739 g/mol. The van der Waals surface area contributed by atoms with Crippen molar-refractivity contribution in [2.45, 2.75) is 180 Å². The number of carbonyl (C=O) groups is 3. The summed E-state index contributed by atoms with van der Waals surface area (Å²) >= 11 is 0. The first kappa shape index (κ1) is 55.5. The van der Waals surface area contributed by atoms with Gasteiger partial charge in [-0.3, -0.25) is 9.59 Å². The van der Waals surface area contributed by atoms with Crippen LogP contribution in [0.15, 0.2) is 85.1 Å². The van der Waals surface area contributed by atoms with Gasteiger partial charge < -0.3 is 28.6 Å². The number of quaternary nitrogens is 1. The van der Waals surface area contributed by atoms with Crippen LogP contribution in [0.25, 0.3) is 0 Å². The summed E-state index contributed by atoms with van der Waals surface area (Å²) in [5.74, 6) is -1.83. The van der Waals surface area contributed by atoms with Gasteiger partial charge in [-0.25, -0.2) is 0 Å². The van der Waals surface area contributed by atoms with E-state index in [4.69, 9.17) is 14.2 Å². The summed E-state index contributed by atoms with van der Waals surface area (Å²) in [7, 11) is 5.38. The molecule has 0 fully saturated rings. The molecule has 2 unspecified atom stereocenters. The zero-order valence-electron chi connectivity index (χ0n) is 38.1. The van der Waals surface area contributed by atoms with Gasteiger partial charge in [0.2, 0.25) is 0 Å². The molecule has 8 nitrogen and oxygen atoms in total. The first-order chi connectivity index (χ1) is 28.6. The van der Waals surface area contributed by atoms with Crippen LogP contribution >= 0.6 is 0 Å². The maximum absolute atomic E-state index is 12.7. The molecule has 336 valence electrons. The van der Waals surface area contributed by atoms with Crippen molar-refractivity contribution in [3.63, 3.8) is 0 Å². The highest BCUT2D eigenvalue weighted by molar-refractivity contribution is 5.70. The second-order valence-corrected chi connectivity index (χ2v) is 16.3. The van der Waals surface area contributed by atoms with Crippen LogP contribution < -0.4 is 5.11 Å². The van der Waals surface area contributed by atoms with Gasteiger partial charge in [0.25, 0.3) is 0 Å². The predicted molar refractivity (Wildman–Crippen MR) is 245 cm³/mol. The molecule has 0 aliphatic heterocycles. The Morgan fingerprint density at radius 3 is 1.47 bits per heavy atom. The number of rotatable bonds is 40. The Morgan fingerprint density at radius 1 is 0.525 bits per heavy atom. The maximum Gasteiger partial charge on any atom is 0.306 e. The number of likely N-dealkylation sites (N-methyl/N-ethyl adjacent to an activating group) is 1. The molecular formula is C51H85NO7. The Bertz CT molecular complexity index is 1240. The van der Waals surface area contributed by atoms with E-state index in [0.29, 0.717) is 12.8 Å². The minimum absolute atomic E-state index is 0.0117. The van der Waals surface area contributed by atoms with E-state index in [9.17, 15) is 19.5 Å². The zero-order chi connectivity index (χ0) is 43.5. The van der Waals surface area contributed by atoms with Crippen LogP contribution in [0.4, 0.5) is 0 Å². The standard InChI is InChI=1S/C51H85NO7/c1-6-8-10-12-14-16-18-20-22-23-24-25-26-28-30-32-34-36-38-40-42-50(54)59-47(45-57-44-43-48(51(55)56)52(3,4)5)46-58-49(53)41-39-37-35-33-31-29-27-21-19-17-15-13-11-9-7-2/h8,10,14,16-17,19-20,22,24-25,28,30,34,36,47-48H,6-7,9,11-13,15,18,21,23,26-27,29,31-33,35,37-46H2,1-5H3/b10-8+,16-14+,19-17+,22-20+,25-24+,30-28+,36-34+. The largest absolute Gasteiger partial charge is 0.544 e. The van der Waals surface area contributed by atoms with Crippen LogP contribution in [-0.2, 0) is 28.6 Å². The van der Waals surface area contributed by atoms with E-state index in [1.165, 1.54) is 64.2 Å². The normalized spacial score (nSPS) is 13.7. The molecule has 0 aliphatic rings. The molecule has 0 rings (SSSR count). The summed E-state index contributed by atoms with van der Waals surface area (Å²) in [6.07, 6.45) is 53.3. The predicted octanol–water partition coefficient (Wildman–Crippen LogP) is 11.6. The second-order valence-electron chi connectivity index (χ2n) is 16.3. The quantitative estimate of drug-likeness (QED) is 0.0262. The van der Waals surface area contributed by atoms with Gasteiger partial charge >= 0.3 is 11.9 Å². The summed E-state index contributed by atoms with van der Waals surface area (Å²) in [6, 6.07) is -0.741. The molecule has 0 saturated heterocycles. The fraction of sp³-hybridized carbons (Fsp3) is 0.667. The lowest BCUT2D eigenvalue weighted by Gasteiger charge is -2.34. The zero-order valence-corrected chi connectivity index (χ0v) is 38.1. The molecule has 0 heterocycles. The first-order valence-corrected chi connectivity index (χ1v) is 23.1. The van der Waals surface area contributed by atoms with E-state index >= 15 is 0 Å². The smallest absolute Gasteiger partial charge is 0.306 e. The molecule has 0 radical (unpaired) electrons. The topological polar surface area (TPSA) is 102 Å². The fourth-order valence-corrected chi connectivity index (χ4v) is 6.19. The van der Waals surface area contributed by atoms with Crippen molar-refractivity contribution in [3.8, 4) is 0 Å². The summed E-state index contributed by atoms with van der Waals surface area (Å²) in [5, 5.41) is 11.6. The van der Waals surface area contributed by atoms with Gasteiger partial charge in [0.05, 0.1) is 40.3 Å². The number of hydrogen-bond donors (Lipinski definition) is 0. The second kappa shape index (κ2) is 41.3. The average molecular weight is 824 g/mol. The van der Waals surface area contributed by atoms with Crippen LogP contribution in [0.5, 0.6) is 0 Å². The Kier molecular flexibility index (Phi) is 38.8. The van der Waals surface area contributed by atoms with Gasteiger partial charge in [-0.1, -0.05) is 150 Å². The Balaban J connectivity index is 4.45. The van der Waals surface area contributed by atoms with E-state index in [1.54, 1.807) is 21.1 Å². The highest BCUT2D eigenvalue weighted by Crippen LogP contribution is 2.13. The van der Waals surface area contributed by atoms with Crippen molar-refractivity contribution in [1.82, 2.24) is 0 Å². The van der Waals surface area contributed by atoms with Crippen molar-refractivity contribution >= 4 is 17.9 Å². The molecule has 0 spiro atoms. The SMILES string of the molecule is CC/C=C/C/C=C/C/C=C/C/C=C/C/C=C/C/C=C/CCCC(=O)OC(COCCC(C(=O)[O-])[N+](C)(C)C)COC(=O)CCCCCCCCC/C=C/CCCCCC. The Hall–Kier alpha value is -3.49. The molecule has 59 heavy (non-hydrogen) atoms. The van der Waals surface area contributed by atoms with Crippen LogP contribution in [0.2, 0.25) is 0 Å². The van der Waals surface area contributed by atoms with Crippen molar-refractivity contribution < 1.29 is 38.2 Å². The molecule has 0 aromatic carbocycles. The van der Waals surface area contributed by atoms with Crippen molar-refractivity contribution in [1.29, 1.82) is 0 Å². The van der Waals surface area contributed by atoms with Gasteiger partial charge in [0, 0.05) is 19.3 Å². The van der Waals surface area contributed by atoms with E-state index in [1.807, 2.05) is 0 Å². The van der Waals surface area contributed by atoms with E-state index in [2.05, 4.69) is 98.9 Å². The summed E-state index contributed by atoms with van der Waals surface area (Å²) < 4.78 is 17.1. The lowest BCUT2D eigenvalue weighted by molar-refractivity contribution is -0.889. The van der Waals surface area contributed by atoms with E-state index in [0.717, 1.165) is 64.2 Å². The van der Waals surface area contributed by atoms with E-state index in [-0.39, 0.29) is 49.1 Å². The van der Waals surface area contributed by atoms with Gasteiger partial charge in [-0.05, 0) is 83.5 Å². The third kappa shape index (κ3) is 39.7. The van der Waals surface area contributed by atoms with Gasteiger partial charge in [0.1, 0.15) is 12.6 Å². The summed E-state index contributed by atoms with van der Waals surface area (Å²) in [4.78, 5) is 36.9. The molecule has 2 atom stereocenters. The number of aliphatic carboxylic acids is 1. The number of ether oxygens (including phenoxy) is 3. The number of carbonyl (C=O) groups excluding carboxylic acids is 3. The average Bonchev–Trinajstić information content (AvgIpc) is 3.19. The highest BCUT2D eigenvalue weighted by Gasteiger charge is 2.25. The first-order valence-electron chi connectivity index (χ1n) is 23.1. The highest BCUT2D eigenvalue weighted by atomic mass is 16.6. The number of carboxylic acids is 1. The Morgan fingerprint density at radius 2 is 0.966 bits per heavy atom. The Labute approximate surface area is 361 Å². The fourth-order valence-electron chi connectivity index (χ4n) is 6.19. The minimum Gasteiger partial charge on any atom is -0.544 e. The number of unbranched alkanes of at least 4 members (excludes halogenated alkanes) is 12. The lowest BCUT2D eigenvalue weighted by atomic mass is 10.1. The summed E-state index contributed by atoms with van der Waals surface area (Å²) in [5.41, 5.74) is 0. The number of nitrogens with zero attached hydrogens (tertiary/aromatic N) is 1. The number of carboxylic acid groups (broad SMARTS) is 1. The minimum atomic E-state index is -1.14. The molecule has 0 aliphatic carbocycles. The third-order valence-corrected chi connectivity index (χ3v) is 9.77. The number of allylic oxidation sites excluding steroid dienone is 14. The molecule has 0 saturated carbocycles. The van der Waals surface area contributed by atoms with Gasteiger partial charge in [0.15, 0.2) is 6.10 Å². The number of hydrogen-bond acceptors (Lipinski definition) is 7. The van der Waals surface area contributed by atoms with Crippen LogP contribution in [0.1, 0.15) is 168 Å². The monoisotopic (exact) mass is 824 g/mol. The molecule has 8 heteroatoms. The molecule has 0 amide bonds.